The first-order valence-corrected chi connectivity index (χ1v) is 7.63. The lowest BCUT2D eigenvalue weighted by Crippen LogP contribution is -2.29. The van der Waals surface area contributed by atoms with Crippen molar-refractivity contribution < 1.29 is 9.90 Å². The van der Waals surface area contributed by atoms with Crippen molar-refractivity contribution >= 4 is 29.1 Å². The Bertz CT molecular complexity index is 685. The number of nitrogens with zero attached hydrogens (tertiary/aromatic N) is 2. The van der Waals surface area contributed by atoms with Crippen LogP contribution in [0.1, 0.15) is 34.6 Å². The number of carbonyl (C=O) groups is 1. The van der Waals surface area contributed by atoms with Crippen LogP contribution in [0.25, 0.3) is 0 Å². The molecule has 1 unspecified atom stereocenters. The lowest BCUT2D eigenvalue weighted by molar-refractivity contribution is 0.0915. The van der Waals surface area contributed by atoms with E-state index in [-0.39, 0.29) is 17.6 Å². The van der Waals surface area contributed by atoms with Gasteiger partial charge in [-0.15, -0.1) is 0 Å². The molecule has 1 aromatic heterocycles. The number of amides is 1. The van der Waals surface area contributed by atoms with Crippen molar-refractivity contribution in [1.29, 1.82) is 0 Å². The highest BCUT2D eigenvalue weighted by Gasteiger charge is 2.21. The average molecular weight is 342 g/mol. The molecule has 0 saturated heterocycles. The highest BCUT2D eigenvalue weighted by molar-refractivity contribution is 6.33. The summed E-state index contributed by atoms with van der Waals surface area (Å²) in [4.78, 5) is 12.3. The van der Waals surface area contributed by atoms with E-state index in [4.69, 9.17) is 23.2 Å². The molecule has 7 heteroatoms. The summed E-state index contributed by atoms with van der Waals surface area (Å²) < 4.78 is 1.46. The lowest BCUT2D eigenvalue weighted by atomic mass is 10.1. The van der Waals surface area contributed by atoms with Crippen LogP contribution in [0.5, 0.6) is 0 Å². The smallest absolute Gasteiger partial charge is 0.256 e. The lowest BCUT2D eigenvalue weighted by Gasteiger charge is -2.13. The van der Waals surface area contributed by atoms with Gasteiger partial charge in [-0.3, -0.25) is 9.48 Å². The average Bonchev–Trinajstić information content (AvgIpc) is 2.80. The van der Waals surface area contributed by atoms with E-state index in [1.165, 1.54) is 4.68 Å². The van der Waals surface area contributed by atoms with Gasteiger partial charge in [0.25, 0.3) is 5.91 Å². The zero-order valence-electron chi connectivity index (χ0n) is 12.3. The zero-order chi connectivity index (χ0) is 16.3. The van der Waals surface area contributed by atoms with Gasteiger partial charge in [0.2, 0.25) is 0 Å². The number of aliphatic hydroxyl groups is 1. The van der Waals surface area contributed by atoms with Gasteiger partial charge >= 0.3 is 0 Å². The SMILES string of the molecule is CCc1nn(C)c(Cl)c1C(=O)NCC(O)c1ccccc1Cl. The molecule has 0 aliphatic heterocycles. The summed E-state index contributed by atoms with van der Waals surface area (Å²) in [6, 6.07) is 6.96. The maximum Gasteiger partial charge on any atom is 0.256 e. The number of nitrogens with one attached hydrogen (secondary N) is 1. The third-order valence-corrected chi connectivity index (χ3v) is 4.11. The quantitative estimate of drug-likeness (QED) is 0.878. The number of halogens is 2. The second-order valence-electron chi connectivity index (χ2n) is 4.84. The van der Waals surface area contributed by atoms with Gasteiger partial charge in [0.15, 0.2) is 0 Å². The largest absolute Gasteiger partial charge is 0.387 e. The summed E-state index contributed by atoms with van der Waals surface area (Å²) >= 11 is 12.1. The van der Waals surface area contributed by atoms with Gasteiger partial charge in [0.05, 0.1) is 17.4 Å². The van der Waals surface area contributed by atoms with Gasteiger partial charge in [-0.25, -0.2) is 0 Å². The molecule has 0 radical (unpaired) electrons. The highest BCUT2D eigenvalue weighted by Crippen LogP contribution is 2.23. The van der Waals surface area contributed by atoms with Crippen LogP contribution in [0.3, 0.4) is 0 Å². The Hall–Kier alpha value is -1.56. The van der Waals surface area contributed by atoms with Crippen molar-refractivity contribution in [3.05, 3.63) is 51.3 Å². The van der Waals surface area contributed by atoms with Crippen LogP contribution in [-0.2, 0) is 13.5 Å². The van der Waals surface area contributed by atoms with Crippen LogP contribution < -0.4 is 5.32 Å². The first kappa shape index (κ1) is 16.8. The molecule has 0 saturated carbocycles. The summed E-state index contributed by atoms with van der Waals surface area (Å²) in [5.41, 5.74) is 1.53. The third kappa shape index (κ3) is 3.43. The van der Waals surface area contributed by atoms with Crippen molar-refractivity contribution in [2.45, 2.75) is 19.4 Å². The normalized spacial score (nSPS) is 12.2. The van der Waals surface area contributed by atoms with Crippen LogP contribution in [-0.4, -0.2) is 27.3 Å². The van der Waals surface area contributed by atoms with Gasteiger partial charge in [-0.2, -0.15) is 5.10 Å². The molecule has 2 N–H and O–H groups in total. The van der Waals surface area contributed by atoms with E-state index < -0.39 is 6.10 Å². The van der Waals surface area contributed by atoms with Gasteiger partial charge in [-0.05, 0) is 12.5 Å². The topological polar surface area (TPSA) is 67.2 Å². The predicted octanol–water partition coefficient (Wildman–Crippen LogP) is 2.75. The molecule has 0 bridgehead atoms. The molecular weight excluding hydrogens is 325 g/mol. The van der Waals surface area contributed by atoms with E-state index in [0.717, 1.165) is 0 Å². The fourth-order valence-corrected chi connectivity index (χ4v) is 2.66. The van der Waals surface area contributed by atoms with Crippen LogP contribution in [0.2, 0.25) is 10.2 Å². The van der Waals surface area contributed by atoms with Crippen molar-refractivity contribution in [3.8, 4) is 0 Å². The van der Waals surface area contributed by atoms with Gasteiger partial charge in [-0.1, -0.05) is 48.3 Å². The van der Waals surface area contributed by atoms with Crippen molar-refractivity contribution in [2.24, 2.45) is 7.05 Å². The summed E-state index contributed by atoms with van der Waals surface area (Å²) in [7, 11) is 1.68. The Labute approximate surface area is 138 Å². The van der Waals surface area contributed by atoms with Gasteiger partial charge < -0.3 is 10.4 Å². The summed E-state index contributed by atoms with van der Waals surface area (Å²) in [6.45, 7) is 1.94. The minimum absolute atomic E-state index is 0.0386. The minimum atomic E-state index is -0.891. The Morgan fingerprint density at radius 1 is 1.41 bits per heavy atom. The summed E-state index contributed by atoms with van der Waals surface area (Å²) in [5, 5.41) is 17.7. The molecule has 5 nitrogen and oxygen atoms in total. The van der Waals surface area contributed by atoms with E-state index in [1.807, 2.05) is 6.92 Å². The fraction of sp³-hybridized carbons (Fsp3) is 0.333. The van der Waals surface area contributed by atoms with E-state index in [2.05, 4.69) is 10.4 Å². The standard InChI is InChI=1S/C15H17Cl2N3O2/c1-3-11-13(14(17)20(2)19-11)15(22)18-8-12(21)9-6-4-5-7-10(9)16/h4-7,12,21H,3,8H2,1-2H3,(H,18,22). The Balaban J connectivity index is 2.09. The number of hydrogen-bond donors (Lipinski definition) is 2. The fourth-order valence-electron chi connectivity index (χ4n) is 2.16. The van der Waals surface area contributed by atoms with E-state index >= 15 is 0 Å². The highest BCUT2D eigenvalue weighted by atomic mass is 35.5. The number of rotatable bonds is 5. The molecule has 2 aromatic rings. The first-order chi connectivity index (χ1) is 10.5. The molecule has 1 atom stereocenters. The second-order valence-corrected chi connectivity index (χ2v) is 5.60. The molecular formula is C15H17Cl2N3O2. The van der Waals surface area contributed by atoms with E-state index in [1.54, 1.807) is 31.3 Å². The minimum Gasteiger partial charge on any atom is -0.387 e. The monoisotopic (exact) mass is 341 g/mol. The number of carbonyl (C=O) groups excluding carboxylic acids is 1. The first-order valence-electron chi connectivity index (χ1n) is 6.87. The molecule has 22 heavy (non-hydrogen) atoms. The van der Waals surface area contributed by atoms with E-state index in [0.29, 0.717) is 28.3 Å². The predicted molar refractivity (Wildman–Crippen MR) is 86.3 cm³/mol. The molecule has 1 heterocycles. The second kappa shape index (κ2) is 7.13. The summed E-state index contributed by atoms with van der Waals surface area (Å²) in [6.07, 6.45) is -0.297. The Kier molecular flexibility index (Phi) is 5.45. The van der Waals surface area contributed by atoms with Gasteiger partial charge in [0, 0.05) is 24.2 Å². The number of aromatic nitrogens is 2. The molecule has 1 amide bonds. The molecule has 0 aliphatic rings. The molecule has 0 spiro atoms. The maximum atomic E-state index is 12.3. The van der Waals surface area contributed by atoms with Crippen LogP contribution >= 0.6 is 23.2 Å². The van der Waals surface area contributed by atoms with Crippen LogP contribution in [0, 0.1) is 0 Å². The molecule has 1 aromatic carbocycles. The zero-order valence-corrected chi connectivity index (χ0v) is 13.8. The van der Waals surface area contributed by atoms with Crippen molar-refractivity contribution in [2.75, 3.05) is 6.54 Å². The van der Waals surface area contributed by atoms with Gasteiger partial charge in [0.1, 0.15) is 5.15 Å². The van der Waals surface area contributed by atoms with E-state index in [9.17, 15) is 9.90 Å². The van der Waals surface area contributed by atoms with Crippen molar-refractivity contribution in [1.82, 2.24) is 15.1 Å². The molecule has 2 rings (SSSR count). The Morgan fingerprint density at radius 3 is 2.73 bits per heavy atom. The number of aliphatic hydroxyl groups excluding tert-OH is 1. The molecule has 118 valence electrons. The maximum absolute atomic E-state index is 12.3. The number of hydrogen-bond acceptors (Lipinski definition) is 3. The molecule has 0 fully saturated rings. The van der Waals surface area contributed by atoms with Crippen LogP contribution in [0.15, 0.2) is 24.3 Å². The van der Waals surface area contributed by atoms with Crippen LogP contribution in [0.4, 0.5) is 0 Å². The molecule has 0 aliphatic carbocycles. The number of benzene rings is 1. The van der Waals surface area contributed by atoms with Crippen molar-refractivity contribution in [3.63, 3.8) is 0 Å². The Morgan fingerprint density at radius 2 is 2.09 bits per heavy atom. The number of aryl methyl sites for hydroxylation is 2. The third-order valence-electron chi connectivity index (χ3n) is 3.33. The summed E-state index contributed by atoms with van der Waals surface area (Å²) in [5.74, 6) is -0.360.